The molecular formula is C17H24N2O7S. The first kappa shape index (κ1) is 21.3. The smallest absolute Gasteiger partial charge is 0.290 e. The maximum absolute atomic E-state index is 12.8. The zero-order valence-electron chi connectivity index (χ0n) is 15.2. The summed E-state index contributed by atoms with van der Waals surface area (Å²) in [5.41, 5.74) is 2.47. The number of hydrogen-bond donors (Lipinski definition) is 2. The van der Waals surface area contributed by atoms with Gasteiger partial charge in [0.2, 0.25) is 10.0 Å². The Kier molecular flexibility index (Phi) is 6.93. The second kappa shape index (κ2) is 8.79. The molecule has 2 aliphatic heterocycles. The number of carbonyl (C=O) groups excluding carboxylic acids is 1. The summed E-state index contributed by atoms with van der Waals surface area (Å²) in [6.07, 6.45) is -0.836. The van der Waals surface area contributed by atoms with Gasteiger partial charge in [0.1, 0.15) is 0 Å². The van der Waals surface area contributed by atoms with Gasteiger partial charge in [-0.3, -0.25) is 9.59 Å². The number of carboxylic acid groups (broad SMARTS) is 1. The molecule has 10 heteroatoms. The lowest BCUT2D eigenvalue weighted by Gasteiger charge is -2.19. The summed E-state index contributed by atoms with van der Waals surface area (Å²) in [7, 11) is -0.492. The van der Waals surface area contributed by atoms with Crippen molar-refractivity contribution < 1.29 is 33.0 Å². The van der Waals surface area contributed by atoms with Crippen molar-refractivity contribution in [2.45, 2.75) is 19.3 Å². The van der Waals surface area contributed by atoms with Gasteiger partial charge in [-0.2, -0.15) is 0 Å². The number of nitrogens with zero attached hydrogens (tertiary/aromatic N) is 2. The lowest BCUT2D eigenvalue weighted by atomic mass is 10.0. The molecule has 2 heterocycles. The molecule has 9 nitrogen and oxygen atoms in total. The second-order valence-electron chi connectivity index (χ2n) is 6.64. The highest BCUT2D eigenvalue weighted by atomic mass is 32.2. The van der Waals surface area contributed by atoms with Crippen molar-refractivity contribution >= 4 is 22.4 Å². The minimum absolute atomic E-state index is 0.150. The summed E-state index contributed by atoms with van der Waals surface area (Å²) in [6, 6.07) is 5.51. The van der Waals surface area contributed by atoms with Gasteiger partial charge in [-0.05, 0) is 17.2 Å². The molecule has 2 N–H and O–H groups in total. The molecule has 0 radical (unpaired) electrons. The summed E-state index contributed by atoms with van der Waals surface area (Å²) in [6.45, 7) is 1.05. The zero-order valence-corrected chi connectivity index (χ0v) is 16.1. The summed E-state index contributed by atoms with van der Waals surface area (Å²) < 4.78 is 30.6. The van der Waals surface area contributed by atoms with E-state index in [4.69, 9.17) is 14.6 Å². The van der Waals surface area contributed by atoms with E-state index in [1.165, 1.54) is 19.0 Å². The van der Waals surface area contributed by atoms with Crippen molar-refractivity contribution in [1.29, 1.82) is 0 Å². The molecule has 2 atom stereocenters. The molecule has 2 aliphatic rings. The Morgan fingerprint density at radius 3 is 2.63 bits per heavy atom. The van der Waals surface area contributed by atoms with E-state index in [0.29, 0.717) is 18.8 Å². The number of fused-ring (bicyclic) bond motifs is 1. The monoisotopic (exact) mass is 400 g/mol. The summed E-state index contributed by atoms with van der Waals surface area (Å²) in [5, 5.41) is 17.1. The average molecular weight is 400 g/mol. The third-order valence-electron chi connectivity index (χ3n) is 4.68. The molecule has 0 aliphatic carbocycles. The van der Waals surface area contributed by atoms with E-state index in [-0.39, 0.29) is 31.2 Å². The standard InChI is InChI=1S/C16H22N2O5S.CH2O2/c1-17(2)24(21,22)10-12-6-18(7-15(12)19)16(20)13-5-3-4-11-8-23-9-14(11)13;2-1-3/h3-5,12,15,19H,6-10H2,1-2H3;1H,(H,2,3)/t12-,15+;/m0./s1. The molecule has 1 aromatic carbocycles. The Morgan fingerprint density at radius 2 is 2.00 bits per heavy atom. The molecule has 0 saturated carbocycles. The minimum Gasteiger partial charge on any atom is -0.483 e. The fourth-order valence-corrected chi connectivity index (χ4v) is 4.34. The van der Waals surface area contributed by atoms with Crippen LogP contribution < -0.4 is 0 Å². The Bertz CT molecular complexity index is 794. The van der Waals surface area contributed by atoms with Crippen molar-refractivity contribution in [3.8, 4) is 0 Å². The number of benzene rings is 1. The van der Waals surface area contributed by atoms with Gasteiger partial charge >= 0.3 is 0 Å². The normalized spacial score (nSPS) is 21.6. The van der Waals surface area contributed by atoms with Crippen LogP contribution in [-0.2, 0) is 32.8 Å². The third kappa shape index (κ3) is 4.83. The molecule has 0 unspecified atom stereocenters. The van der Waals surface area contributed by atoms with Crippen molar-refractivity contribution in [2.75, 3.05) is 32.9 Å². The van der Waals surface area contributed by atoms with Gasteiger partial charge in [-0.25, -0.2) is 12.7 Å². The van der Waals surface area contributed by atoms with Crippen LogP contribution in [0.4, 0.5) is 0 Å². The molecule has 150 valence electrons. The summed E-state index contributed by atoms with van der Waals surface area (Å²) in [4.78, 5) is 22.7. The number of sulfonamides is 1. The molecule has 3 rings (SSSR count). The zero-order chi connectivity index (χ0) is 20.2. The molecule has 27 heavy (non-hydrogen) atoms. The van der Waals surface area contributed by atoms with Crippen LogP contribution >= 0.6 is 0 Å². The van der Waals surface area contributed by atoms with Crippen LogP contribution in [0.15, 0.2) is 18.2 Å². The maximum Gasteiger partial charge on any atom is 0.290 e. The van der Waals surface area contributed by atoms with Crippen LogP contribution in [0.5, 0.6) is 0 Å². The minimum atomic E-state index is -3.42. The van der Waals surface area contributed by atoms with E-state index in [2.05, 4.69) is 0 Å². The van der Waals surface area contributed by atoms with Gasteiger partial charge in [0.25, 0.3) is 12.4 Å². The van der Waals surface area contributed by atoms with Crippen LogP contribution in [0.2, 0.25) is 0 Å². The predicted molar refractivity (Wildman–Crippen MR) is 96.5 cm³/mol. The number of β-amino-alcohol motifs (C(OH)–C–C–N with tert-alkyl or cyclic N) is 1. The van der Waals surface area contributed by atoms with E-state index < -0.39 is 22.0 Å². The first-order valence-corrected chi connectivity index (χ1v) is 9.96. The fraction of sp³-hybridized carbons (Fsp3) is 0.529. The Morgan fingerprint density at radius 1 is 1.33 bits per heavy atom. The number of aliphatic hydroxyl groups excluding tert-OH is 1. The van der Waals surface area contributed by atoms with Crippen LogP contribution in [-0.4, -0.2) is 79.3 Å². The molecular weight excluding hydrogens is 376 g/mol. The molecule has 1 amide bonds. The Hall–Kier alpha value is -2.01. The number of rotatable bonds is 4. The highest BCUT2D eigenvalue weighted by Gasteiger charge is 2.38. The summed E-state index contributed by atoms with van der Waals surface area (Å²) >= 11 is 0. The van der Waals surface area contributed by atoms with Gasteiger partial charge in [0.05, 0.1) is 25.1 Å². The van der Waals surface area contributed by atoms with Crippen LogP contribution in [0, 0.1) is 5.92 Å². The third-order valence-corrected chi connectivity index (χ3v) is 6.64. The predicted octanol–water partition coefficient (Wildman–Crippen LogP) is -0.258. The van der Waals surface area contributed by atoms with E-state index in [0.717, 1.165) is 15.4 Å². The van der Waals surface area contributed by atoms with Crippen molar-refractivity contribution in [1.82, 2.24) is 9.21 Å². The number of aliphatic hydroxyl groups is 1. The number of amides is 1. The van der Waals surface area contributed by atoms with E-state index >= 15 is 0 Å². The van der Waals surface area contributed by atoms with Gasteiger partial charge in [-0.15, -0.1) is 0 Å². The quantitative estimate of drug-likeness (QED) is 0.667. The van der Waals surface area contributed by atoms with Crippen LogP contribution in [0.1, 0.15) is 21.5 Å². The van der Waals surface area contributed by atoms with E-state index in [9.17, 15) is 18.3 Å². The van der Waals surface area contributed by atoms with Crippen LogP contribution in [0.3, 0.4) is 0 Å². The van der Waals surface area contributed by atoms with Crippen molar-refractivity contribution in [3.63, 3.8) is 0 Å². The van der Waals surface area contributed by atoms with Crippen LogP contribution in [0.25, 0.3) is 0 Å². The number of ether oxygens (including phenoxy) is 1. The van der Waals surface area contributed by atoms with Crippen molar-refractivity contribution in [3.05, 3.63) is 34.9 Å². The van der Waals surface area contributed by atoms with E-state index in [1.54, 1.807) is 6.07 Å². The van der Waals surface area contributed by atoms with Gasteiger partial charge < -0.3 is 19.8 Å². The topological polar surface area (TPSA) is 124 Å². The highest BCUT2D eigenvalue weighted by Crippen LogP contribution is 2.27. The average Bonchev–Trinajstić information content (AvgIpc) is 3.21. The molecule has 0 bridgehead atoms. The van der Waals surface area contributed by atoms with Gasteiger partial charge in [0.15, 0.2) is 0 Å². The number of carbonyl (C=O) groups is 2. The van der Waals surface area contributed by atoms with E-state index in [1.807, 2.05) is 12.1 Å². The second-order valence-corrected chi connectivity index (χ2v) is 8.87. The molecule has 1 fully saturated rings. The van der Waals surface area contributed by atoms with Crippen molar-refractivity contribution in [2.24, 2.45) is 5.92 Å². The fourth-order valence-electron chi connectivity index (χ4n) is 3.18. The lowest BCUT2D eigenvalue weighted by Crippen LogP contribution is -2.33. The SMILES string of the molecule is CN(C)S(=O)(=O)C[C@@H]1CN(C(=O)c2cccc3c2COC3)C[C@H]1O.O=CO. The first-order chi connectivity index (χ1) is 12.7. The molecule has 1 saturated heterocycles. The first-order valence-electron chi connectivity index (χ1n) is 8.35. The molecule has 0 aromatic heterocycles. The Balaban J connectivity index is 0.000000817. The number of hydrogen-bond acceptors (Lipinski definition) is 6. The lowest BCUT2D eigenvalue weighted by molar-refractivity contribution is -0.122. The molecule has 1 aromatic rings. The largest absolute Gasteiger partial charge is 0.483 e. The Labute approximate surface area is 158 Å². The highest BCUT2D eigenvalue weighted by molar-refractivity contribution is 7.89. The maximum atomic E-state index is 12.8. The summed E-state index contributed by atoms with van der Waals surface area (Å²) in [5.74, 6) is -0.823. The van der Waals surface area contributed by atoms with Gasteiger partial charge in [-0.1, -0.05) is 12.1 Å². The number of likely N-dealkylation sites (tertiary alicyclic amines) is 1. The van der Waals surface area contributed by atoms with Gasteiger partial charge in [0, 0.05) is 38.7 Å². The molecule has 0 spiro atoms.